The first-order valence-electron chi connectivity index (χ1n) is 12.2. The van der Waals surface area contributed by atoms with Gasteiger partial charge in [0.1, 0.15) is 0 Å². The molecule has 1 unspecified atom stereocenters. The van der Waals surface area contributed by atoms with Crippen molar-refractivity contribution in [3.05, 3.63) is 35.9 Å². The van der Waals surface area contributed by atoms with E-state index in [2.05, 4.69) is 40.1 Å². The van der Waals surface area contributed by atoms with Crippen LogP contribution in [0.1, 0.15) is 50.5 Å². The molecule has 0 bridgehead atoms. The van der Waals surface area contributed by atoms with Gasteiger partial charge in [-0.05, 0) is 89.7 Å². The molecule has 1 aromatic carbocycles. The van der Waals surface area contributed by atoms with Gasteiger partial charge in [-0.1, -0.05) is 30.3 Å². The Balaban J connectivity index is 1.14. The van der Waals surface area contributed by atoms with Gasteiger partial charge in [0.05, 0.1) is 6.10 Å². The summed E-state index contributed by atoms with van der Waals surface area (Å²) in [5.74, 6) is 0.464. The van der Waals surface area contributed by atoms with Crippen molar-refractivity contribution in [2.75, 3.05) is 45.8 Å². The zero-order chi connectivity index (χ0) is 20.8. The molecule has 0 aliphatic carbocycles. The second-order valence-electron chi connectivity index (χ2n) is 9.55. The number of carbonyl (C=O) groups excluding carboxylic acids is 1. The van der Waals surface area contributed by atoms with Crippen molar-refractivity contribution in [2.45, 2.75) is 63.5 Å². The van der Waals surface area contributed by atoms with Crippen molar-refractivity contribution in [1.29, 1.82) is 0 Å². The Labute approximate surface area is 182 Å². The summed E-state index contributed by atoms with van der Waals surface area (Å²) in [4.78, 5) is 20.0. The second kappa shape index (κ2) is 10.7. The van der Waals surface area contributed by atoms with Crippen LogP contribution in [-0.2, 0) is 11.2 Å². The molecule has 3 aliphatic rings. The van der Waals surface area contributed by atoms with E-state index in [0.717, 1.165) is 45.3 Å². The van der Waals surface area contributed by atoms with Crippen LogP contribution in [0.4, 0.5) is 0 Å². The van der Waals surface area contributed by atoms with Crippen LogP contribution in [0.25, 0.3) is 0 Å². The molecule has 4 rings (SSSR count). The molecule has 1 amide bonds. The number of aryl methyl sites for hydroxylation is 1. The number of rotatable bonds is 6. The Morgan fingerprint density at radius 2 is 1.67 bits per heavy atom. The van der Waals surface area contributed by atoms with Crippen molar-refractivity contribution in [1.82, 2.24) is 14.7 Å². The van der Waals surface area contributed by atoms with Crippen molar-refractivity contribution in [3.63, 3.8) is 0 Å². The second-order valence-corrected chi connectivity index (χ2v) is 9.55. The summed E-state index contributed by atoms with van der Waals surface area (Å²) in [6, 6.07) is 11.5. The molecular weight excluding hydrogens is 374 g/mol. The molecule has 3 aliphatic heterocycles. The number of carbonyl (C=O) groups is 1. The maximum Gasteiger partial charge on any atom is 0.225 e. The third kappa shape index (κ3) is 5.83. The maximum absolute atomic E-state index is 12.8. The summed E-state index contributed by atoms with van der Waals surface area (Å²) in [6.07, 6.45) is 8.39. The van der Waals surface area contributed by atoms with Gasteiger partial charge < -0.3 is 19.8 Å². The zero-order valence-electron chi connectivity index (χ0n) is 18.4. The van der Waals surface area contributed by atoms with Gasteiger partial charge in [-0.2, -0.15) is 0 Å². The highest BCUT2D eigenvalue weighted by Crippen LogP contribution is 2.26. The normalized spacial score (nSPS) is 25.5. The molecule has 5 heteroatoms. The van der Waals surface area contributed by atoms with Gasteiger partial charge in [0.15, 0.2) is 0 Å². The lowest BCUT2D eigenvalue weighted by Gasteiger charge is -2.42. The average Bonchev–Trinajstić information content (AvgIpc) is 2.80. The predicted molar refractivity (Wildman–Crippen MR) is 120 cm³/mol. The Bertz CT molecular complexity index is 652. The van der Waals surface area contributed by atoms with Gasteiger partial charge in [0.2, 0.25) is 5.91 Å². The van der Waals surface area contributed by atoms with E-state index in [1.807, 2.05) is 4.90 Å². The first kappa shape index (κ1) is 21.8. The number of aliphatic hydroxyl groups excluding tert-OH is 1. The summed E-state index contributed by atoms with van der Waals surface area (Å²) in [7, 11) is 0. The molecule has 0 aromatic heterocycles. The lowest BCUT2D eigenvalue weighted by Crippen LogP contribution is -2.51. The lowest BCUT2D eigenvalue weighted by atomic mass is 9.91. The average molecular weight is 414 g/mol. The van der Waals surface area contributed by atoms with Gasteiger partial charge in [-0.3, -0.25) is 4.79 Å². The smallest absolute Gasteiger partial charge is 0.225 e. The molecule has 0 saturated carbocycles. The fourth-order valence-corrected chi connectivity index (χ4v) is 5.58. The van der Waals surface area contributed by atoms with Crippen LogP contribution in [0.3, 0.4) is 0 Å². The number of hydrogen-bond donors (Lipinski definition) is 1. The predicted octanol–water partition coefficient (Wildman–Crippen LogP) is 2.78. The first-order valence-corrected chi connectivity index (χ1v) is 12.2. The molecule has 1 atom stereocenters. The largest absolute Gasteiger partial charge is 0.391 e. The van der Waals surface area contributed by atoms with Crippen LogP contribution in [-0.4, -0.2) is 83.7 Å². The number of piperidine rings is 3. The number of likely N-dealkylation sites (tertiary alicyclic amines) is 3. The zero-order valence-corrected chi connectivity index (χ0v) is 18.4. The molecule has 0 radical (unpaired) electrons. The Morgan fingerprint density at radius 1 is 0.933 bits per heavy atom. The van der Waals surface area contributed by atoms with E-state index >= 15 is 0 Å². The number of nitrogens with zero attached hydrogens (tertiary/aromatic N) is 3. The minimum Gasteiger partial charge on any atom is -0.391 e. The summed E-state index contributed by atoms with van der Waals surface area (Å²) in [6.45, 7) is 7.13. The molecule has 3 heterocycles. The Kier molecular flexibility index (Phi) is 7.80. The number of benzene rings is 1. The summed E-state index contributed by atoms with van der Waals surface area (Å²) >= 11 is 0. The molecule has 1 N–H and O–H groups in total. The number of aliphatic hydroxyl groups is 1. The van der Waals surface area contributed by atoms with Crippen LogP contribution in [0.2, 0.25) is 0 Å². The highest BCUT2D eigenvalue weighted by atomic mass is 16.3. The molecule has 1 aromatic rings. The summed E-state index contributed by atoms with van der Waals surface area (Å²) in [5, 5.41) is 9.87. The summed E-state index contributed by atoms with van der Waals surface area (Å²) < 4.78 is 0. The highest BCUT2D eigenvalue weighted by Gasteiger charge is 2.33. The van der Waals surface area contributed by atoms with Gasteiger partial charge in [-0.15, -0.1) is 0 Å². The van der Waals surface area contributed by atoms with Crippen molar-refractivity contribution in [2.24, 2.45) is 5.92 Å². The molecule has 5 nitrogen and oxygen atoms in total. The van der Waals surface area contributed by atoms with E-state index in [4.69, 9.17) is 0 Å². The quantitative estimate of drug-likeness (QED) is 0.779. The van der Waals surface area contributed by atoms with E-state index in [9.17, 15) is 9.90 Å². The van der Waals surface area contributed by atoms with Crippen molar-refractivity contribution >= 4 is 5.91 Å². The Morgan fingerprint density at radius 3 is 2.37 bits per heavy atom. The van der Waals surface area contributed by atoms with Crippen LogP contribution >= 0.6 is 0 Å². The molecule has 3 saturated heterocycles. The minimum absolute atomic E-state index is 0.171. The lowest BCUT2D eigenvalue weighted by molar-refractivity contribution is -0.140. The first-order chi connectivity index (χ1) is 14.7. The molecule has 3 fully saturated rings. The standard InChI is InChI=1S/C25H39N3O2/c29-24-9-5-15-28(20-24)25(30)22-10-18-27(19-11-22)23-12-16-26(17-13-23)14-4-8-21-6-2-1-3-7-21/h1-3,6-7,22-24,29H,4-5,8-20H2. The molecular formula is C25H39N3O2. The van der Waals surface area contributed by atoms with Gasteiger partial charge in [0.25, 0.3) is 0 Å². The van der Waals surface area contributed by atoms with Crippen molar-refractivity contribution in [3.8, 4) is 0 Å². The van der Waals surface area contributed by atoms with Gasteiger partial charge in [0, 0.05) is 25.0 Å². The number of β-amino-alcohol motifs (C(OH)–C–C–N with tert-alkyl or cyclic N) is 1. The number of amides is 1. The third-order valence-electron chi connectivity index (χ3n) is 7.44. The molecule has 0 spiro atoms. The monoisotopic (exact) mass is 413 g/mol. The van der Waals surface area contributed by atoms with Gasteiger partial charge in [-0.25, -0.2) is 0 Å². The van der Waals surface area contributed by atoms with Crippen LogP contribution < -0.4 is 0 Å². The van der Waals surface area contributed by atoms with E-state index < -0.39 is 0 Å². The maximum atomic E-state index is 12.8. The van der Waals surface area contributed by atoms with Gasteiger partial charge >= 0.3 is 0 Å². The van der Waals surface area contributed by atoms with E-state index in [-0.39, 0.29) is 12.0 Å². The van der Waals surface area contributed by atoms with E-state index in [1.54, 1.807) is 0 Å². The van der Waals surface area contributed by atoms with E-state index in [0.29, 0.717) is 18.5 Å². The van der Waals surface area contributed by atoms with Crippen LogP contribution in [0.15, 0.2) is 30.3 Å². The van der Waals surface area contributed by atoms with Crippen molar-refractivity contribution < 1.29 is 9.90 Å². The molecule has 30 heavy (non-hydrogen) atoms. The van der Waals surface area contributed by atoms with Crippen LogP contribution in [0, 0.1) is 5.92 Å². The SMILES string of the molecule is O=C(C1CCN(C2CCN(CCCc3ccccc3)CC2)CC1)N1CCCC(O)C1. The fourth-order valence-electron chi connectivity index (χ4n) is 5.58. The fraction of sp³-hybridized carbons (Fsp3) is 0.720. The minimum atomic E-state index is -0.319. The number of hydrogen-bond acceptors (Lipinski definition) is 4. The van der Waals surface area contributed by atoms with Crippen LogP contribution in [0.5, 0.6) is 0 Å². The summed E-state index contributed by atoms with van der Waals surface area (Å²) in [5.41, 5.74) is 1.45. The Hall–Kier alpha value is -1.43. The third-order valence-corrected chi connectivity index (χ3v) is 7.44. The molecule has 166 valence electrons. The van der Waals surface area contributed by atoms with E-state index in [1.165, 1.54) is 50.9 Å². The topological polar surface area (TPSA) is 47.0 Å². The highest BCUT2D eigenvalue weighted by molar-refractivity contribution is 5.79.